The SMILES string of the molecule is Fc1ccc(Oc2ccc([S+](c3ccc(Oc4ccc(F)cc4)cc3)c3ccc(Oc4ccc(I)cc4)cc3)cc2)cc1. The molecule has 0 bridgehead atoms. The summed E-state index contributed by atoms with van der Waals surface area (Å²) in [5.74, 6) is 3.35. The van der Waals surface area contributed by atoms with Gasteiger partial charge in [-0.25, -0.2) is 8.78 Å². The number of hydrogen-bond donors (Lipinski definition) is 0. The largest absolute Gasteiger partial charge is 0.457 e. The van der Waals surface area contributed by atoms with Gasteiger partial charge in [-0.1, -0.05) is 0 Å². The molecule has 6 aromatic carbocycles. The van der Waals surface area contributed by atoms with Gasteiger partial charge in [-0.2, -0.15) is 0 Å². The van der Waals surface area contributed by atoms with Gasteiger partial charge in [0.2, 0.25) is 0 Å². The van der Waals surface area contributed by atoms with Crippen LogP contribution in [-0.2, 0) is 10.9 Å². The van der Waals surface area contributed by atoms with Crippen molar-refractivity contribution in [2.24, 2.45) is 0 Å². The van der Waals surface area contributed by atoms with E-state index in [-0.39, 0.29) is 11.6 Å². The van der Waals surface area contributed by atoms with Crippen molar-refractivity contribution >= 4 is 33.5 Å². The molecule has 0 unspecified atom stereocenters. The third kappa shape index (κ3) is 7.55. The average molecular weight is 702 g/mol. The van der Waals surface area contributed by atoms with Gasteiger partial charge in [-0.05, 0) is 168 Å². The molecule has 0 aromatic heterocycles. The van der Waals surface area contributed by atoms with Crippen LogP contribution in [-0.4, -0.2) is 0 Å². The van der Waals surface area contributed by atoms with Gasteiger partial charge in [0.25, 0.3) is 0 Å². The molecule has 3 nitrogen and oxygen atoms in total. The minimum atomic E-state index is -0.455. The van der Waals surface area contributed by atoms with Crippen LogP contribution in [0.4, 0.5) is 8.78 Å². The van der Waals surface area contributed by atoms with Crippen molar-refractivity contribution in [1.82, 2.24) is 0 Å². The number of benzene rings is 6. The molecule has 0 aliphatic heterocycles. The molecular formula is C36H24F2IO3S+. The minimum absolute atomic E-state index is 0.309. The van der Waals surface area contributed by atoms with Gasteiger partial charge in [-0.15, -0.1) is 0 Å². The first-order valence-electron chi connectivity index (χ1n) is 13.3. The van der Waals surface area contributed by atoms with Crippen molar-refractivity contribution in [2.45, 2.75) is 14.7 Å². The zero-order chi connectivity index (χ0) is 29.6. The highest BCUT2D eigenvalue weighted by atomic mass is 127. The molecule has 0 atom stereocenters. The zero-order valence-corrected chi connectivity index (χ0v) is 25.6. The fourth-order valence-corrected chi connectivity index (χ4v) is 6.66. The molecule has 0 aliphatic carbocycles. The van der Waals surface area contributed by atoms with Crippen LogP contribution in [0.1, 0.15) is 0 Å². The van der Waals surface area contributed by atoms with E-state index < -0.39 is 10.9 Å². The Hall–Kier alpha value is -4.34. The van der Waals surface area contributed by atoms with Crippen LogP contribution in [0.5, 0.6) is 34.5 Å². The summed E-state index contributed by atoms with van der Waals surface area (Å²) in [7, 11) is -0.455. The number of ether oxygens (including phenoxy) is 3. The summed E-state index contributed by atoms with van der Waals surface area (Å²) in [6, 6.07) is 43.8. The second-order valence-electron chi connectivity index (χ2n) is 9.39. The lowest BCUT2D eigenvalue weighted by molar-refractivity contribution is 0.480. The third-order valence-corrected chi connectivity index (χ3v) is 9.28. The molecule has 6 rings (SSSR count). The van der Waals surface area contributed by atoms with Crippen LogP contribution in [0.2, 0.25) is 0 Å². The Morgan fingerprint density at radius 3 is 0.860 bits per heavy atom. The van der Waals surface area contributed by atoms with Crippen molar-refractivity contribution in [1.29, 1.82) is 0 Å². The van der Waals surface area contributed by atoms with Crippen LogP contribution in [0.15, 0.2) is 160 Å². The van der Waals surface area contributed by atoms with Gasteiger partial charge in [0, 0.05) is 3.57 Å². The Morgan fingerprint density at radius 1 is 0.349 bits per heavy atom. The number of halogens is 3. The molecule has 43 heavy (non-hydrogen) atoms. The van der Waals surface area contributed by atoms with Crippen molar-refractivity contribution < 1.29 is 23.0 Å². The summed E-state index contributed by atoms with van der Waals surface area (Å²) in [6.07, 6.45) is 0. The molecule has 0 aliphatic rings. The maximum atomic E-state index is 13.3. The summed E-state index contributed by atoms with van der Waals surface area (Å²) in [5, 5.41) is 0. The van der Waals surface area contributed by atoms with Crippen molar-refractivity contribution in [3.63, 3.8) is 0 Å². The summed E-state index contributed by atoms with van der Waals surface area (Å²) in [4.78, 5) is 3.28. The predicted molar refractivity (Wildman–Crippen MR) is 174 cm³/mol. The number of rotatable bonds is 9. The van der Waals surface area contributed by atoms with E-state index in [0.717, 1.165) is 29.8 Å². The van der Waals surface area contributed by atoms with Crippen molar-refractivity contribution in [3.05, 3.63) is 161 Å². The standard InChI is InChI=1S/C36H24F2IO3S/c37-25-1-7-28(8-2-25)40-31-13-19-34(20-14-31)43(35-21-15-32(16-22-35)41-29-9-3-26(38)4-10-29)36-23-17-33(18-24-36)42-30-11-5-27(39)6-12-30/h1-24H/q+1. The van der Waals surface area contributed by atoms with Crippen LogP contribution in [0.3, 0.4) is 0 Å². The van der Waals surface area contributed by atoms with Gasteiger partial charge in [-0.3, -0.25) is 0 Å². The molecule has 0 heterocycles. The Kier molecular flexibility index (Phi) is 8.91. The van der Waals surface area contributed by atoms with Gasteiger partial charge in [0.05, 0.1) is 10.9 Å². The fraction of sp³-hybridized carbons (Fsp3) is 0. The van der Waals surface area contributed by atoms with Crippen molar-refractivity contribution in [3.8, 4) is 34.5 Å². The summed E-state index contributed by atoms with van der Waals surface area (Å²) >= 11 is 2.27. The highest BCUT2D eigenvalue weighted by molar-refractivity contribution is 14.1. The van der Waals surface area contributed by atoms with E-state index in [2.05, 4.69) is 34.7 Å². The van der Waals surface area contributed by atoms with Crippen molar-refractivity contribution in [2.75, 3.05) is 0 Å². The minimum Gasteiger partial charge on any atom is -0.457 e. The average Bonchev–Trinajstić information content (AvgIpc) is 3.03. The van der Waals surface area contributed by atoms with Gasteiger partial charge in [0.15, 0.2) is 14.7 Å². The van der Waals surface area contributed by atoms with E-state index in [9.17, 15) is 8.78 Å². The van der Waals surface area contributed by atoms with E-state index in [0.29, 0.717) is 23.0 Å². The zero-order valence-electron chi connectivity index (χ0n) is 22.6. The highest BCUT2D eigenvalue weighted by Gasteiger charge is 2.29. The Labute approximate surface area is 265 Å². The molecule has 0 fully saturated rings. The van der Waals surface area contributed by atoms with Gasteiger partial charge in [0.1, 0.15) is 46.1 Å². The van der Waals surface area contributed by atoms with Crippen LogP contribution >= 0.6 is 22.6 Å². The summed E-state index contributed by atoms with van der Waals surface area (Å²) in [5.41, 5.74) is 0. The molecule has 212 valence electrons. The van der Waals surface area contributed by atoms with Crippen LogP contribution in [0.25, 0.3) is 0 Å². The normalized spacial score (nSPS) is 10.9. The van der Waals surface area contributed by atoms with Crippen LogP contribution < -0.4 is 14.2 Å². The molecule has 0 saturated carbocycles. The van der Waals surface area contributed by atoms with E-state index in [4.69, 9.17) is 14.2 Å². The topological polar surface area (TPSA) is 27.7 Å². The smallest absolute Gasteiger partial charge is 0.166 e. The molecule has 0 N–H and O–H groups in total. The molecule has 6 aromatic rings. The fourth-order valence-electron chi connectivity index (χ4n) is 4.26. The predicted octanol–water partition coefficient (Wildman–Crippen LogP) is 11.0. The summed E-state index contributed by atoms with van der Waals surface area (Å²) in [6.45, 7) is 0. The first-order chi connectivity index (χ1) is 21.0. The maximum Gasteiger partial charge on any atom is 0.166 e. The Bertz CT molecular complexity index is 1560. The van der Waals surface area contributed by atoms with Gasteiger partial charge >= 0.3 is 0 Å². The van der Waals surface area contributed by atoms with E-state index in [1.54, 1.807) is 24.3 Å². The lowest BCUT2D eigenvalue weighted by Crippen LogP contribution is -2.05. The quantitative estimate of drug-likeness (QED) is 0.111. The molecule has 0 amide bonds. The maximum absolute atomic E-state index is 13.3. The van der Waals surface area contributed by atoms with E-state index >= 15 is 0 Å². The molecule has 0 saturated heterocycles. The monoisotopic (exact) mass is 701 g/mol. The Morgan fingerprint density at radius 2 is 0.581 bits per heavy atom. The highest BCUT2D eigenvalue weighted by Crippen LogP contribution is 2.36. The van der Waals surface area contributed by atoms with E-state index in [1.165, 1.54) is 24.3 Å². The lowest BCUT2D eigenvalue weighted by atomic mass is 10.3. The summed E-state index contributed by atoms with van der Waals surface area (Å²) < 4.78 is 45.6. The first-order valence-corrected chi connectivity index (χ1v) is 15.6. The van der Waals surface area contributed by atoms with E-state index in [1.807, 2.05) is 84.9 Å². The Balaban J connectivity index is 1.27. The molecule has 0 radical (unpaired) electrons. The van der Waals surface area contributed by atoms with Gasteiger partial charge < -0.3 is 14.2 Å². The van der Waals surface area contributed by atoms with Crippen LogP contribution in [0, 0.1) is 15.2 Å². The number of hydrogen-bond acceptors (Lipinski definition) is 3. The molecule has 7 heteroatoms. The molecule has 0 spiro atoms. The second kappa shape index (κ2) is 13.3. The lowest BCUT2D eigenvalue weighted by Gasteiger charge is -2.12. The third-order valence-electron chi connectivity index (χ3n) is 6.33. The first kappa shape index (κ1) is 28.8. The molecular weight excluding hydrogens is 677 g/mol. The second-order valence-corrected chi connectivity index (χ2v) is 12.7.